The Hall–Kier alpha value is -1.26. The Morgan fingerprint density at radius 3 is 2.06 bits per heavy atom. The van der Waals surface area contributed by atoms with E-state index in [2.05, 4.69) is 0 Å². The zero-order valence-electron chi connectivity index (χ0n) is 9.40. The van der Waals surface area contributed by atoms with Crippen molar-refractivity contribution in [2.45, 2.75) is 19.6 Å². The number of ether oxygens (including phenoxy) is 2. The van der Waals surface area contributed by atoms with Gasteiger partial charge in [0.15, 0.2) is 6.29 Å². The van der Waals surface area contributed by atoms with Gasteiger partial charge in [-0.05, 0) is 26.0 Å². The Labute approximate surface area is 94.2 Å². The molecule has 0 aliphatic rings. The summed E-state index contributed by atoms with van der Waals surface area (Å²) in [6.45, 7) is 4.19. The fraction of sp³-hybridized carbons (Fsp3) is 0.417. The standard InChI is InChI=1S/C12H15FO3/c1-3-15-12(9-14,16-4-2)10-5-7-11(13)8-6-10/h5-9H,3-4H2,1-2H3. The third-order valence-electron chi connectivity index (χ3n) is 2.12. The van der Waals surface area contributed by atoms with E-state index in [1.165, 1.54) is 24.3 Å². The van der Waals surface area contributed by atoms with Crippen LogP contribution in [0.15, 0.2) is 24.3 Å². The van der Waals surface area contributed by atoms with E-state index >= 15 is 0 Å². The zero-order valence-corrected chi connectivity index (χ0v) is 9.40. The highest BCUT2D eigenvalue weighted by Crippen LogP contribution is 2.25. The average molecular weight is 226 g/mol. The van der Waals surface area contributed by atoms with Gasteiger partial charge in [0.05, 0.1) is 0 Å². The number of rotatable bonds is 6. The number of carbonyl (C=O) groups is 1. The van der Waals surface area contributed by atoms with Gasteiger partial charge in [-0.2, -0.15) is 0 Å². The van der Waals surface area contributed by atoms with Gasteiger partial charge in [0.1, 0.15) is 5.82 Å². The lowest BCUT2D eigenvalue weighted by Crippen LogP contribution is -2.35. The molecule has 0 fully saturated rings. The Morgan fingerprint density at radius 2 is 1.69 bits per heavy atom. The van der Waals surface area contributed by atoms with Gasteiger partial charge >= 0.3 is 0 Å². The largest absolute Gasteiger partial charge is 0.340 e. The van der Waals surface area contributed by atoms with Crippen LogP contribution in [0.3, 0.4) is 0 Å². The highest BCUT2D eigenvalue weighted by molar-refractivity contribution is 5.63. The molecule has 0 bridgehead atoms. The second-order valence-electron chi connectivity index (χ2n) is 3.16. The first-order chi connectivity index (χ1) is 7.68. The van der Waals surface area contributed by atoms with Crippen LogP contribution in [0.4, 0.5) is 4.39 Å². The molecule has 0 aromatic heterocycles. The highest BCUT2D eigenvalue weighted by atomic mass is 19.1. The van der Waals surface area contributed by atoms with E-state index in [0.29, 0.717) is 25.1 Å². The van der Waals surface area contributed by atoms with Crippen molar-refractivity contribution in [1.29, 1.82) is 0 Å². The minimum absolute atomic E-state index is 0.329. The summed E-state index contributed by atoms with van der Waals surface area (Å²) in [4.78, 5) is 11.1. The van der Waals surface area contributed by atoms with E-state index in [-0.39, 0.29) is 5.82 Å². The Bertz CT molecular complexity index is 329. The maximum atomic E-state index is 12.8. The van der Waals surface area contributed by atoms with Crippen molar-refractivity contribution in [2.75, 3.05) is 13.2 Å². The molecule has 0 saturated carbocycles. The van der Waals surface area contributed by atoms with Gasteiger partial charge < -0.3 is 9.47 Å². The molecule has 3 nitrogen and oxygen atoms in total. The van der Waals surface area contributed by atoms with Crippen LogP contribution in [0.25, 0.3) is 0 Å². The summed E-state index contributed by atoms with van der Waals surface area (Å²) in [7, 11) is 0. The maximum absolute atomic E-state index is 12.8. The molecule has 16 heavy (non-hydrogen) atoms. The van der Waals surface area contributed by atoms with Gasteiger partial charge in [0.25, 0.3) is 5.79 Å². The van der Waals surface area contributed by atoms with Crippen LogP contribution in [-0.4, -0.2) is 19.5 Å². The minimum Gasteiger partial charge on any atom is -0.340 e. The number of halogens is 1. The first kappa shape index (κ1) is 12.8. The summed E-state index contributed by atoms with van der Waals surface area (Å²) in [5.74, 6) is -1.78. The van der Waals surface area contributed by atoms with Crippen molar-refractivity contribution in [2.24, 2.45) is 0 Å². The predicted octanol–water partition coefficient (Wildman–Crippen LogP) is 2.25. The van der Waals surface area contributed by atoms with Gasteiger partial charge in [-0.25, -0.2) is 4.39 Å². The van der Waals surface area contributed by atoms with Crippen LogP contribution in [-0.2, 0) is 20.1 Å². The van der Waals surface area contributed by atoms with Crippen molar-refractivity contribution in [1.82, 2.24) is 0 Å². The third kappa shape index (κ3) is 2.65. The van der Waals surface area contributed by atoms with E-state index in [4.69, 9.17) is 9.47 Å². The summed E-state index contributed by atoms with van der Waals surface area (Å²) >= 11 is 0. The molecular weight excluding hydrogens is 211 g/mol. The molecule has 0 heterocycles. The van der Waals surface area contributed by atoms with Crippen LogP contribution in [0, 0.1) is 5.82 Å². The van der Waals surface area contributed by atoms with Crippen LogP contribution >= 0.6 is 0 Å². The summed E-state index contributed by atoms with van der Waals surface area (Å²) in [5.41, 5.74) is 0.493. The molecule has 88 valence electrons. The van der Waals surface area contributed by atoms with E-state index in [0.717, 1.165) is 0 Å². The molecule has 1 aromatic rings. The molecule has 0 spiro atoms. The normalized spacial score (nSPS) is 11.4. The van der Waals surface area contributed by atoms with Crippen LogP contribution in [0.2, 0.25) is 0 Å². The van der Waals surface area contributed by atoms with Crippen molar-refractivity contribution in [3.8, 4) is 0 Å². The van der Waals surface area contributed by atoms with E-state index in [9.17, 15) is 9.18 Å². The zero-order chi connectivity index (χ0) is 12.0. The van der Waals surface area contributed by atoms with Gasteiger partial charge in [0.2, 0.25) is 0 Å². The Morgan fingerprint density at radius 1 is 1.19 bits per heavy atom. The van der Waals surface area contributed by atoms with Gasteiger partial charge in [-0.3, -0.25) is 4.79 Å². The molecular formula is C12H15FO3. The summed E-state index contributed by atoms with van der Waals surface area (Å²) < 4.78 is 23.4. The van der Waals surface area contributed by atoms with Crippen LogP contribution < -0.4 is 0 Å². The van der Waals surface area contributed by atoms with Gasteiger partial charge in [0, 0.05) is 18.8 Å². The molecule has 0 saturated heterocycles. The molecule has 0 unspecified atom stereocenters. The number of benzene rings is 1. The molecule has 0 amide bonds. The minimum atomic E-state index is -1.42. The molecule has 0 N–H and O–H groups in total. The quantitative estimate of drug-likeness (QED) is 0.551. The Kier molecular flexibility index (Phi) is 4.58. The second-order valence-corrected chi connectivity index (χ2v) is 3.16. The molecule has 4 heteroatoms. The molecule has 0 aliphatic carbocycles. The summed E-state index contributed by atoms with van der Waals surface area (Å²) in [6.07, 6.45) is 0.591. The monoisotopic (exact) mass is 226 g/mol. The lowest BCUT2D eigenvalue weighted by Gasteiger charge is -2.27. The maximum Gasteiger partial charge on any atom is 0.253 e. The van der Waals surface area contributed by atoms with Crippen molar-refractivity contribution < 1.29 is 18.7 Å². The SMILES string of the molecule is CCOC(C=O)(OCC)c1ccc(F)cc1. The van der Waals surface area contributed by atoms with E-state index < -0.39 is 5.79 Å². The number of aldehydes is 1. The third-order valence-corrected chi connectivity index (χ3v) is 2.12. The smallest absolute Gasteiger partial charge is 0.253 e. The van der Waals surface area contributed by atoms with E-state index in [1.54, 1.807) is 13.8 Å². The fourth-order valence-electron chi connectivity index (χ4n) is 1.46. The number of hydrogen-bond donors (Lipinski definition) is 0. The molecule has 1 rings (SSSR count). The predicted molar refractivity (Wildman–Crippen MR) is 57.4 cm³/mol. The van der Waals surface area contributed by atoms with E-state index in [1.807, 2.05) is 0 Å². The average Bonchev–Trinajstić information content (AvgIpc) is 2.29. The lowest BCUT2D eigenvalue weighted by molar-refractivity contribution is -0.222. The molecule has 0 radical (unpaired) electrons. The van der Waals surface area contributed by atoms with Crippen molar-refractivity contribution in [3.05, 3.63) is 35.6 Å². The van der Waals surface area contributed by atoms with Crippen LogP contribution in [0.5, 0.6) is 0 Å². The summed E-state index contributed by atoms with van der Waals surface area (Å²) in [6, 6.07) is 5.50. The van der Waals surface area contributed by atoms with Crippen LogP contribution in [0.1, 0.15) is 19.4 Å². The van der Waals surface area contributed by atoms with Gasteiger partial charge in [-0.1, -0.05) is 12.1 Å². The first-order valence-electron chi connectivity index (χ1n) is 5.18. The van der Waals surface area contributed by atoms with Crippen molar-refractivity contribution in [3.63, 3.8) is 0 Å². The number of hydrogen-bond acceptors (Lipinski definition) is 3. The molecule has 0 atom stereocenters. The lowest BCUT2D eigenvalue weighted by atomic mass is 10.1. The number of carbonyl (C=O) groups excluding carboxylic acids is 1. The Balaban J connectivity index is 3.07. The highest BCUT2D eigenvalue weighted by Gasteiger charge is 2.33. The second kappa shape index (κ2) is 5.72. The molecule has 1 aromatic carbocycles. The summed E-state index contributed by atoms with van der Waals surface area (Å²) in [5, 5.41) is 0. The fourth-order valence-corrected chi connectivity index (χ4v) is 1.46. The van der Waals surface area contributed by atoms with Gasteiger partial charge in [-0.15, -0.1) is 0 Å². The topological polar surface area (TPSA) is 35.5 Å². The van der Waals surface area contributed by atoms with Crippen molar-refractivity contribution >= 4 is 6.29 Å². The first-order valence-corrected chi connectivity index (χ1v) is 5.18. The molecule has 0 aliphatic heterocycles.